The van der Waals surface area contributed by atoms with Gasteiger partial charge >= 0.3 is 0 Å². The van der Waals surface area contributed by atoms with Crippen LogP contribution in [0.1, 0.15) is 57.5 Å². The predicted molar refractivity (Wildman–Crippen MR) is 141 cm³/mol. The summed E-state index contributed by atoms with van der Waals surface area (Å²) in [5, 5.41) is 19.0. The van der Waals surface area contributed by atoms with E-state index in [4.69, 9.17) is 27.2 Å². The van der Waals surface area contributed by atoms with Gasteiger partial charge in [-0.1, -0.05) is 32.4 Å². The minimum atomic E-state index is -0.402. The van der Waals surface area contributed by atoms with E-state index in [0.29, 0.717) is 45.2 Å². The number of aryl methyl sites for hydroxylation is 1. The summed E-state index contributed by atoms with van der Waals surface area (Å²) in [6.45, 7) is 6.41. The molecule has 12 heteroatoms. The Hall–Kier alpha value is -3.70. The Bertz CT molecular complexity index is 1460. The van der Waals surface area contributed by atoms with E-state index >= 15 is 0 Å². The maximum absolute atomic E-state index is 10.5. The van der Waals surface area contributed by atoms with Gasteiger partial charge in [-0.25, -0.2) is 9.97 Å². The van der Waals surface area contributed by atoms with Crippen LogP contribution < -0.4 is 15.8 Å². The normalized spacial score (nSPS) is 18.5. The number of imidazole rings is 1. The van der Waals surface area contributed by atoms with Crippen LogP contribution >= 0.6 is 11.6 Å². The number of nitrogens with one attached hydrogen (secondary N) is 1. The number of anilines is 2. The minimum Gasteiger partial charge on any atom is -0.450 e. The van der Waals surface area contributed by atoms with Crippen LogP contribution in [0.2, 0.25) is 5.02 Å². The van der Waals surface area contributed by atoms with Crippen LogP contribution in [0.4, 0.5) is 11.8 Å². The van der Waals surface area contributed by atoms with E-state index in [2.05, 4.69) is 46.0 Å². The highest BCUT2D eigenvalue weighted by atomic mass is 35.5. The lowest BCUT2D eigenvalue weighted by molar-refractivity contribution is 0.127. The van der Waals surface area contributed by atoms with Gasteiger partial charge in [0.2, 0.25) is 5.95 Å². The Morgan fingerprint density at radius 1 is 1.24 bits per heavy atom. The summed E-state index contributed by atoms with van der Waals surface area (Å²) in [4.78, 5) is 17.3. The van der Waals surface area contributed by atoms with E-state index in [-0.39, 0.29) is 11.5 Å². The van der Waals surface area contributed by atoms with Crippen LogP contribution in [-0.4, -0.2) is 45.5 Å². The Morgan fingerprint density at radius 2 is 2.05 bits per heavy atom. The lowest BCUT2D eigenvalue weighted by atomic mass is 9.91. The van der Waals surface area contributed by atoms with Crippen LogP contribution in [0.3, 0.4) is 0 Å². The van der Waals surface area contributed by atoms with Crippen molar-refractivity contribution < 1.29 is 9.84 Å². The fourth-order valence-corrected chi connectivity index (χ4v) is 4.90. The second-order valence-electron chi connectivity index (χ2n) is 10.1. The summed E-state index contributed by atoms with van der Waals surface area (Å²) >= 11 is 6.74. The van der Waals surface area contributed by atoms with Crippen molar-refractivity contribution in [2.24, 2.45) is 12.8 Å². The summed E-state index contributed by atoms with van der Waals surface area (Å²) < 4.78 is 9.70. The number of halogens is 1. The SMILES string of the molecule is Cn1c(Nc2cc(C(C)(C)C)n([C@@H]3CCC[C@H]3O)n2)nc2ncc(OC(=CN)c3cnccn3)c(Cl)c21. The van der Waals surface area contributed by atoms with E-state index in [9.17, 15) is 5.11 Å². The van der Waals surface area contributed by atoms with Gasteiger partial charge in [0.05, 0.1) is 24.5 Å². The van der Waals surface area contributed by atoms with Gasteiger partial charge in [-0.3, -0.25) is 9.67 Å². The average molecular weight is 524 g/mol. The molecule has 1 saturated carbocycles. The minimum absolute atomic E-state index is 0.0415. The predicted octanol–water partition coefficient (Wildman–Crippen LogP) is 4.07. The van der Waals surface area contributed by atoms with Crippen molar-refractivity contribution in [2.45, 2.75) is 57.6 Å². The molecule has 4 aromatic rings. The first-order chi connectivity index (χ1) is 17.7. The van der Waals surface area contributed by atoms with E-state index < -0.39 is 6.10 Å². The van der Waals surface area contributed by atoms with E-state index in [1.165, 1.54) is 12.4 Å². The molecule has 194 valence electrons. The quantitative estimate of drug-likeness (QED) is 0.319. The van der Waals surface area contributed by atoms with Crippen LogP contribution in [0.15, 0.2) is 37.1 Å². The molecule has 0 amide bonds. The van der Waals surface area contributed by atoms with E-state index in [1.54, 1.807) is 23.2 Å². The summed E-state index contributed by atoms with van der Waals surface area (Å²) in [5.41, 5.74) is 8.14. The van der Waals surface area contributed by atoms with Crippen LogP contribution in [0.25, 0.3) is 16.9 Å². The number of fused-ring (bicyclic) bond motifs is 1. The fourth-order valence-electron chi connectivity index (χ4n) is 4.60. The van der Waals surface area contributed by atoms with Gasteiger partial charge in [-0.2, -0.15) is 10.1 Å². The molecule has 0 unspecified atom stereocenters. The first-order valence-corrected chi connectivity index (χ1v) is 12.5. The first-order valence-electron chi connectivity index (χ1n) is 12.1. The maximum Gasteiger partial charge on any atom is 0.210 e. The largest absolute Gasteiger partial charge is 0.450 e. The zero-order valence-corrected chi connectivity index (χ0v) is 21.9. The number of aliphatic hydroxyl groups is 1. The number of aromatic nitrogens is 7. The first kappa shape index (κ1) is 25.0. The van der Waals surface area contributed by atoms with Crippen molar-refractivity contribution in [3.63, 3.8) is 0 Å². The van der Waals surface area contributed by atoms with Gasteiger partial charge in [0.15, 0.2) is 23.0 Å². The standard InChI is InChI=1S/C25H30ClN9O2/c1-25(2,3)19-10-20(33-35(19)15-6-5-7-16(15)36)31-24-32-23-22(34(24)4)21(26)18(13-30-23)37-17(11-27)14-12-28-8-9-29-14/h8-13,15-16,36H,5-7,27H2,1-4H3,(H,30,31,32,33)/t15-,16-/m1/s1. The molecule has 1 fully saturated rings. The zero-order chi connectivity index (χ0) is 26.3. The van der Waals surface area contributed by atoms with Crippen LogP contribution in [0, 0.1) is 0 Å². The third-order valence-corrected chi connectivity index (χ3v) is 6.86. The van der Waals surface area contributed by atoms with Crippen molar-refractivity contribution in [1.82, 2.24) is 34.3 Å². The molecule has 4 heterocycles. The van der Waals surface area contributed by atoms with Gasteiger partial charge in [-0.15, -0.1) is 0 Å². The van der Waals surface area contributed by atoms with Crippen molar-refractivity contribution in [1.29, 1.82) is 0 Å². The molecule has 4 aromatic heterocycles. The maximum atomic E-state index is 10.5. The van der Waals surface area contributed by atoms with E-state index in [0.717, 1.165) is 25.0 Å². The molecule has 0 aromatic carbocycles. The number of aliphatic hydroxyl groups excluding tert-OH is 1. The second kappa shape index (κ2) is 9.64. The van der Waals surface area contributed by atoms with Gasteiger partial charge < -0.3 is 25.5 Å². The Labute approximate surface area is 219 Å². The molecule has 0 saturated heterocycles. The van der Waals surface area contributed by atoms with Crippen molar-refractivity contribution >= 4 is 40.3 Å². The average Bonchev–Trinajstić information content (AvgIpc) is 3.57. The number of hydrogen-bond donors (Lipinski definition) is 3. The highest BCUT2D eigenvalue weighted by Crippen LogP contribution is 2.37. The van der Waals surface area contributed by atoms with E-state index in [1.807, 2.05) is 17.8 Å². The molecule has 0 radical (unpaired) electrons. The Balaban J connectivity index is 1.47. The molecule has 2 atom stereocenters. The Kier molecular flexibility index (Phi) is 6.50. The third-order valence-electron chi connectivity index (χ3n) is 6.49. The molecule has 5 rings (SSSR count). The summed E-state index contributed by atoms with van der Waals surface area (Å²) in [6.07, 6.45) is 9.70. The number of nitrogens with zero attached hydrogens (tertiary/aromatic N) is 7. The molecule has 11 nitrogen and oxygen atoms in total. The second-order valence-corrected chi connectivity index (χ2v) is 10.5. The van der Waals surface area contributed by atoms with Crippen molar-refractivity contribution in [2.75, 3.05) is 5.32 Å². The number of pyridine rings is 1. The molecular weight excluding hydrogens is 494 g/mol. The number of nitrogens with two attached hydrogens (primary N) is 1. The zero-order valence-electron chi connectivity index (χ0n) is 21.2. The van der Waals surface area contributed by atoms with Crippen molar-refractivity contribution in [3.8, 4) is 5.75 Å². The number of rotatable bonds is 6. The molecule has 0 aliphatic heterocycles. The molecule has 4 N–H and O–H groups in total. The monoisotopic (exact) mass is 523 g/mol. The molecule has 0 spiro atoms. The van der Waals surface area contributed by atoms with Crippen LogP contribution in [0.5, 0.6) is 5.75 Å². The van der Waals surface area contributed by atoms with Gasteiger partial charge in [-0.05, 0) is 19.3 Å². The fraction of sp³-hybridized carbons (Fsp3) is 0.400. The van der Waals surface area contributed by atoms with Crippen molar-refractivity contribution in [3.05, 3.63) is 53.5 Å². The summed E-state index contributed by atoms with van der Waals surface area (Å²) in [7, 11) is 1.83. The molecular formula is C25H30ClN9O2. The number of ether oxygens (including phenoxy) is 1. The molecule has 1 aliphatic rings. The van der Waals surface area contributed by atoms with Gasteiger partial charge in [0.25, 0.3) is 0 Å². The summed E-state index contributed by atoms with van der Waals surface area (Å²) in [6, 6.07) is 1.97. The smallest absolute Gasteiger partial charge is 0.210 e. The summed E-state index contributed by atoms with van der Waals surface area (Å²) in [5.74, 6) is 1.75. The van der Waals surface area contributed by atoms with Gasteiger partial charge in [0, 0.05) is 42.8 Å². The third kappa shape index (κ3) is 4.72. The molecule has 37 heavy (non-hydrogen) atoms. The topological polar surface area (TPSA) is 142 Å². The highest BCUT2D eigenvalue weighted by molar-refractivity contribution is 6.36. The molecule has 0 bridgehead atoms. The lowest BCUT2D eigenvalue weighted by Gasteiger charge is -2.25. The number of hydrogen-bond acceptors (Lipinski definition) is 9. The lowest BCUT2D eigenvalue weighted by Crippen LogP contribution is -2.26. The highest BCUT2D eigenvalue weighted by Gasteiger charge is 2.32. The molecule has 1 aliphatic carbocycles. The van der Waals surface area contributed by atoms with Crippen LogP contribution in [-0.2, 0) is 12.5 Å². The Morgan fingerprint density at radius 3 is 2.70 bits per heavy atom. The van der Waals surface area contributed by atoms with Gasteiger partial charge in [0.1, 0.15) is 16.2 Å².